The average Bonchev–Trinajstić information content (AvgIpc) is 2.65. The molecule has 2 rings (SSSR count). The van der Waals surface area contributed by atoms with Crippen LogP contribution in [0.4, 0.5) is 13.2 Å². The third-order valence-corrected chi connectivity index (χ3v) is 2.34. The summed E-state index contributed by atoms with van der Waals surface area (Å²) < 4.78 is 43.9. The molecule has 0 unspecified atom stereocenters. The Kier molecular flexibility index (Phi) is 2.82. The van der Waals surface area contributed by atoms with Gasteiger partial charge in [0.25, 0.3) is 0 Å². The van der Waals surface area contributed by atoms with E-state index in [4.69, 9.17) is 5.11 Å². The summed E-state index contributed by atoms with van der Waals surface area (Å²) in [7, 11) is 0. The van der Waals surface area contributed by atoms with E-state index in [1.54, 1.807) is 0 Å². The Balaban J connectivity index is 2.70. The zero-order chi connectivity index (χ0) is 13.4. The van der Waals surface area contributed by atoms with Gasteiger partial charge >= 0.3 is 5.97 Å². The summed E-state index contributed by atoms with van der Waals surface area (Å²) in [6.07, 6.45) is 0. The number of carboxylic acids is 1. The Labute approximate surface area is 98.6 Å². The lowest BCUT2D eigenvalue weighted by Crippen LogP contribution is -2.01. The fourth-order valence-electron chi connectivity index (χ4n) is 1.51. The molecule has 0 atom stereocenters. The van der Waals surface area contributed by atoms with Gasteiger partial charge in [-0.25, -0.2) is 18.0 Å². The van der Waals surface area contributed by atoms with Crippen molar-refractivity contribution in [3.8, 4) is 11.3 Å². The highest BCUT2D eigenvalue weighted by Crippen LogP contribution is 2.29. The van der Waals surface area contributed by atoms with Crippen molar-refractivity contribution >= 4 is 5.97 Å². The highest BCUT2D eigenvalue weighted by molar-refractivity contribution is 5.95. The van der Waals surface area contributed by atoms with Gasteiger partial charge in [-0.1, -0.05) is 5.16 Å². The van der Waals surface area contributed by atoms with Crippen molar-refractivity contribution in [3.05, 3.63) is 40.9 Å². The Morgan fingerprint density at radius 2 is 1.83 bits per heavy atom. The maximum absolute atomic E-state index is 13.5. The summed E-state index contributed by atoms with van der Waals surface area (Å²) in [5, 5.41) is 12.3. The minimum absolute atomic E-state index is 0.0540. The molecule has 1 aromatic carbocycles. The second-order valence-corrected chi connectivity index (χ2v) is 3.51. The van der Waals surface area contributed by atoms with Crippen LogP contribution in [0.3, 0.4) is 0 Å². The van der Waals surface area contributed by atoms with Gasteiger partial charge in [-0.15, -0.1) is 0 Å². The van der Waals surface area contributed by atoms with Crippen LogP contribution in [0.1, 0.15) is 16.1 Å². The zero-order valence-electron chi connectivity index (χ0n) is 9.00. The van der Waals surface area contributed by atoms with Crippen LogP contribution in [0.25, 0.3) is 11.3 Å². The van der Waals surface area contributed by atoms with Crippen molar-refractivity contribution in [1.82, 2.24) is 5.16 Å². The maximum Gasteiger partial charge on any atom is 0.341 e. The maximum atomic E-state index is 13.5. The lowest BCUT2D eigenvalue weighted by Gasteiger charge is -2.01. The van der Waals surface area contributed by atoms with Crippen molar-refractivity contribution in [3.63, 3.8) is 0 Å². The number of aromatic nitrogens is 1. The summed E-state index contributed by atoms with van der Waals surface area (Å²) in [6.45, 7) is 1.32. The van der Waals surface area contributed by atoms with E-state index in [1.807, 2.05) is 0 Å². The SMILES string of the molecule is Cc1onc(-c2cc(F)c(F)cc2F)c1C(=O)O. The first-order chi connectivity index (χ1) is 8.41. The summed E-state index contributed by atoms with van der Waals surface area (Å²) in [6, 6.07) is 0.856. The fourth-order valence-corrected chi connectivity index (χ4v) is 1.51. The Morgan fingerprint density at radius 1 is 1.22 bits per heavy atom. The van der Waals surface area contributed by atoms with Gasteiger partial charge in [0, 0.05) is 11.6 Å². The molecule has 0 spiro atoms. The van der Waals surface area contributed by atoms with Gasteiger partial charge in [0.15, 0.2) is 11.6 Å². The first-order valence-electron chi connectivity index (χ1n) is 4.76. The van der Waals surface area contributed by atoms with Gasteiger partial charge in [-0.05, 0) is 13.0 Å². The molecule has 0 aliphatic heterocycles. The van der Waals surface area contributed by atoms with Gasteiger partial charge in [0.2, 0.25) is 0 Å². The number of hydrogen-bond donors (Lipinski definition) is 1. The van der Waals surface area contributed by atoms with Crippen LogP contribution in [-0.2, 0) is 0 Å². The predicted octanol–water partition coefficient (Wildman–Crippen LogP) is 2.77. The van der Waals surface area contributed by atoms with Gasteiger partial charge in [0.05, 0.1) is 0 Å². The number of halogens is 3. The minimum Gasteiger partial charge on any atom is -0.477 e. The molecule has 0 radical (unpaired) electrons. The van der Waals surface area contributed by atoms with Crippen molar-refractivity contribution < 1.29 is 27.6 Å². The standard InChI is InChI=1S/C11H6F3NO3/c1-4-9(11(16)17)10(15-18-4)5-2-7(13)8(14)3-6(5)12/h2-3H,1H3,(H,16,17). The van der Waals surface area contributed by atoms with Crippen molar-refractivity contribution in [1.29, 1.82) is 0 Å². The summed E-state index contributed by atoms with van der Waals surface area (Å²) in [5.41, 5.74) is -1.24. The van der Waals surface area contributed by atoms with E-state index in [0.29, 0.717) is 12.1 Å². The molecule has 0 saturated carbocycles. The van der Waals surface area contributed by atoms with Crippen LogP contribution in [0.2, 0.25) is 0 Å². The number of carboxylic acid groups (broad SMARTS) is 1. The zero-order valence-corrected chi connectivity index (χ0v) is 9.00. The molecule has 94 valence electrons. The second kappa shape index (κ2) is 4.17. The van der Waals surface area contributed by atoms with Crippen molar-refractivity contribution in [2.75, 3.05) is 0 Å². The molecule has 1 N–H and O–H groups in total. The quantitative estimate of drug-likeness (QED) is 0.840. The molecule has 0 fully saturated rings. The molecule has 1 heterocycles. The van der Waals surface area contributed by atoms with Crippen LogP contribution in [0, 0.1) is 24.4 Å². The third kappa shape index (κ3) is 1.83. The number of nitrogens with zero attached hydrogens (tertiary/aromatic N) is 1. The van der Waals surface area contributed by atoms with Gasteiger partial charge in [-0.2, -0.15) is 0 Å². The number of rotatable bonds is 2. The van der Waals surface area contributed by atoms with Gasteiger partial charge in [-0.3, -0.25) is 0 Å². The average molecular weight is 257 g/mol. The normalized spacial score (nSPS) is 10.7. The van der Waals surface area contributed by atoms with E-state index in [2.05, 4.69) is 9.68 Å². The van der Waals surface area contributed by atoms with Crippen LogP contribution in [0.5, 0.6) is 0 Å². The fraction of sp³-hybridized carbons (Fsp3) is 0.0909. The molecule has 0 saturated heterocycles. The van der Waals surface area contributed by atoms with E-state index in [-0.39, 0.29) is 17.0 Å². The van der Waals surface area contributed by atoms with Crippen LogP contribution in [-0.4, -0.2) is 16.2 Å². The molecule has 0 aliphatic carbocycles. The van der Waals surface area contributed by atoms with Crippen molar-refractivity contribution in [2.24, 2.45) is 0 Å². The number of carbonyl (C=O) groups is 1. The van der Waals surface area contributed by atoms with Gasteiger partial charge in [0.1, 0.15) is 22.8 Å². The molecule has 4 nitrogen and oxygen atoms in total. The van der Waals surface area contributed by atoms with E-state index in [1.165, 1.54) is 6.92 Å². The highest BCUT2D eigenvalue weighted by Gasteiger charge is 2.24. The minimum atomic E-state index is -1.40. The van der Waals surface area contributed by atoms with Gasteiger partial charge < -0.3 is 9.63 Å². The third-order valence-electron chi connectivity index (χ3n) is 2.34. The highest BCUT2D eigenvalue weighted by atomic mass is 19.2. The lowest BCUT2D eigenvalue weighted by molar-refractivity contribution is 0.0695. The first kappa shape index (κ1) is 12.2. The van der Waals surface area contributed by atoms with E-state index < -0.39 is 29.0 Å². The summed E-state index contributed by atoms with van der Waals surface area (Å²) in [4.78, 5) is 10.9. The molecule has 0 aliphatic rings. The number of aryl methyl sites for hydroxylation is 1. The number of benzene rings is 1. The van der Waals surface area contributed by atoms with Crippen LogP contribution >= 0.6 is 0 Å². The topological polar surface area (TPSA) is 63.3 Å². The Hall–Kier alpha value is -2.31. The van der Waals surface area contributed by atoms with Crippen LogP contribution < -0.4 is 0 Å². The molecule has 18 heavy (non-hydrogen) atoms. The second-order valence-electron chi connectivity index (χ2n) is 3.51. The van der Waals surface area contributed by atoms with E-state index in [9.17, 15) is 18.0 Å². The molecule has 7 heteroatoms. The largest absolute Gasteiger partial charge is 0.477 e. The van der Waals surface area contributed by atoms with E-state index in [0.717, 1.165) is 0 Å². The molecule has 1 aromatic heterocycles. The Morgan fingerprint density at radius 3 is 2.44 bits per heavy atom. The first-order valence-corrected chi connectivity index (χ1v) is 4.76. The van der Waals surface area contributed by atoms with E-state index >= 15 is 0 Å². The summed E-state index contributed by atoms with van der Waals surface area (Å²) in [5.74, 6) is -5.24. The Bertz CT molecular complexity index is 637. The summed E-state index contributed by atoms with van der Waals surface area (Å²) >= 11 is 0. The predicted molar refractivity (Wildman–Crippen MR) is 53.5 cm³/mol. The van der Waals surface area contributed by atoms with Crippen LogP contribution in [0.15, 0.2) is 16.7 Å². The lowest BCUT2D eigenvalue weighted by atomic mass is 10.1. The van der Waals surface area contributed by atoms with Crippen molar-refractivity contribution in [2.45, 2.75) is 6.92 Å². The monoisotopic (exact) mass is 257 g/mol. The molecule has 2 aromatic rings. The number of hydrogen-bond acceptors (Lipinski definition) is 3. The smallest absolute Gasteiger partial charge is 0.341 e. The molecular weight excluding hydrogens is 251 g/mol. The molecule has 0 bridgehead atoms. The molecule has 0 amide bonds. The molecular formula is C11H6F3NO3. The number of aromatic carboxylic acids is 1.